The van der Waals surface area contributed by atoms with Crippen molar-refractivity contribution in [2.75, 3.05) is 14.1 Å². The zero-order valence-corrected chi connectivity index (χ0v) is 10.4. The molecule has 0 aromatic carbocycles. The second kappa shape index (κ2) is 4.41. The minimum absolute atomic E-state index is 0.125. The van der Waals surface area contributed by atoms with Crippen LogP contribution in [-0.4, -0.2) is 42.4 Å². The van der Waals surface area contributed by atoms with Gasteiger partial charge in [-0.05, 0) is 32.6 Å². The lowest BCUT2D eigenvalue weighted by Crippen LogP contribution is -2.57. The molecule has 0 aromatic heterocycles. The van der Waals surface area contributed by atoms with E-state index in [2.05, 4.69) is 5.32 Å². The summed E-state index contributed by atoms with van der Waals surface area (Å²) in [6.07, 6.45) is 1.99. The van der Waals surface area contributed by atoms with Crippen molar-refractivity contribution in [1.29, 1.82) is 0 Å². The highest BCUT2D eigenvalue weighted by Crippen LogP contribution is 2.38. The van der Waals surface area contributed by atoms with Crippen molar-refractivity contribution in [3.63, 3.8) is 0 Å². The van der Waals surface area contributed by atoms with E-state index < -0.39 is 11.6 Å². The Bertz CT molecular complexity index is 296. The number of hydrogen-bond acceptors (Lipinski definition) is 3. The van der Waals surface area contributed by atoms with Crippen LogP contribution in [0, 0.1) is 5.92 Å². The topological polar surface area (TPSA) is 75.4 Å². The van der Waals surface area contributed by atoms with E-state index >= 15 is 0 Å². The number of nitrogens with zero attached hydrogens (tertiary/aromatic N) is 1. The van der Waals surface area contributed by atoms with Gasteiger partial charge in [-0.25, -0.2) is 0 Å². The van der Waals surface area contributed by atoms with Crippen LogP contribution in [0.15, 0.2) is 0 Å². The van der Waals surface area contributed by atoms with Crippen molar-refractivity contribution in [1.82, 2.24) is 10.2 Å². The average molecular weight is 227 g/mol. The van der Waals surface area contributed by atoms with Crippen molar-refractivity contribution in [3.8, 4) is 0 Å². The van der Waals surface area contributed by atoms with E-state index in [-0.39, 0.29) is 17.7 Å². The molecule has 5 heteroatoms. The van der Waals surface area contributed by atoms with Crippen molar-refractivity contribution in [2.24, 2.45) is 11.7 Å². The molecule has 1 aliphatic rings. The fourth-order valence-corrected chi connectivity index (χ4v) is 1.67. The largest absolute Gasteiger partial charge is 0.347 e. The summed E-state index contributed by atoms with van der Waals surface area (Å²) < 4.78 is 0. The lowest BCUT2D eigenvalue weighted by Gasteiger charge is -2.26. The van der Waals surface area contributed by atoms with Crippen LogP contribution in [0.4, 0.5) is 0 Å². The Labute approximate surface area is 96.4 Å². The molecule has 0 spiro atoms. The third-order valence-electron chi connectivity index (χ3n) is 3.07. The van der Waals surface area contributed by atoms with E-state index in [1.165, 1.54) is 4.90 Å². The summed E-state index contributed by atoms with van der Waals surface area (Å²) in [7, 11) is 3.32. The van der Waals surface area contributed by atoms with Gasteiger partial charge in [0.2, 0.25) is 11.8 Å². The van der Waals surface area contributed by atoms with Crippen LogP contribution in [0.1, 0.15) is 26.7 Å². The molecule has 1 fully saturated rings. The maximum atomic E-state index is 11.9. The predicted molar refractivity (Wildman–Crippen MR) is 61.6 cm³/mol. The van der Waals surface area contributed by atoms with E-state index in [1.807, 2.05) is 0 Å². The molecule has 0 radical (unpaired) electrons. The lowest BCUT2D eigenvalue weighted by atomic mass is 9.96. The van der Waals surface area contributed by atoms with Crippen molar-refractivity contribution >= 4 is 11.8 Å². The first-order chi connectivity index (χ1) is 7.26. The van der Waals surface area contributed by atoms with Crippen molar-refractivity contribution in [2.45, 2.75) is 38.3 Å². The Balaban J connectivity index is 2.53. The monoisotopic (exact) mass is 227 g/mol. The maximum Gasteiger partial charge on any atom is 0.244 e. The summed E-state index contributed by atoms with van der Waals surface area (Å²) in [5.74, 6) is -0.105. The molecular formula is C11H21N3O2. The van der Waals surface area contributed by atoms with Gasteiger partial charge in [-0.15, -0.1) is 0 Å². The second-order valence-corrected chi connectivity index (χ2v) is 4.98. The van der Waals surface area contributed by atoms with Gasteiger partial charge < -0.3 is 16.0 Å². The van der Waals surface area contributed by atoms with Crippen LogP contribution < -0.4 is 11.1 Å². The molecule has 2 amide bonds. The van der Waals surface area contributed by atoms with Gasteiger partial charge in [0.05, 0.1) is 5.54 Å². The van der Waals surface area contributed by atoms with Crippen LogP contribution in [0.5, 0.6) is 0 Å². The zero-order chi connectivity index (χ0) is 12.5. The summed E-state index contributed by atoms with van der Waals surface area (Å²) in [4.78, 5) is 24.9. The fraction of sp³-hybridized carbons (Fsp3) is 0.818. The first-order valence-electron chi connectivity index (χ1n) is 5.57. The number of likely N-dealkylation sites (N-methyl/N-ethyl adjacent to an activating group) is 1. The SMILES string of the molecule is CC(NC(=O)C(C)(N)C1CC1)C(=O)N(C)C. The molecule has 0 aromatic rings. The predicted octanol–water partition coefficient (Wildman–Crippen LogP) is -0.293. The van der Waals surface area contributed by atoms with Crippen LogP contribution in [0.25, 0.3) is 0 Å². The molecule has 1 rings (SSSR count). The van der Waals surface area contributed by atoms with Crippen LogP contribution >= 0.6 is 0 Å². The number of carbonyl (C=O) groups excluding carboxylic acids is 2. The number of hydrogen-bond donors (Lipinski definition) is 2. The maximum absolute atomic E-state index is 11.9. The highest BCUT2D eigenvalue weighted by atomic mass is 16.2. The highest BCUT2D eigenvalue weighted by molar-refractivity contribution is 5.91. The molecule has 1 saturated carbocycles. The Morgan fingerprint density at radius 2 is 1.94 bits per heavy atom. The van der Waals surface area contributed by atoms with Gasteiger partial charge >= 0.3 is 0 Å². The first-order valence-corrected chi connectivity index (χ1v) is 5.57. The molecular weight excluding hydrogens is 206 g/mol. The molecule has 0 bridgehead atoms. The van der Waals surface area contributed by atoms with E-state index in [0.29, 0.717) is 0 Å². The third-order valence-corrected chi connectivity index (χ3v) is 3.07. The summed E-state index contributed by atoms with van der Waals surface area (Å²) >= 11 is 0. The molecule has 0 saturated heterocycles. The molecule has 16 heavy (non-hydrogen) atoms. The van der Waals surface area contributed by atoms with Crippen molar-refractivity contribution in [3.05, 3.63) is 0 Å². The Morgan fingerprint density at radius 3 is 2.31 bits per heavy atom. The van der Waals surface area contributed by atoms with Crippen molar-refractivity contribution < 1.29 is 9.59 Å². The van der Waals surface area contributed by atoms with Crippen LogP contribution in [0.3, 0.4) is 0 Å². The molecule has 2 atom stereocenters. The summed E-state index contributed by atoms with van der Waals surface area (Å²) in [6.45, 7) is 3.40. The summed E-state index contributed by atoms with van der Waals surface area (Å²) in [5, 5.41) is 2.67. The minimum atomic E-state index is -0.846. The van der Waals surface area contributed by atoms with E-state index in [4.69, 9.17) is 5.73 Å². The van der Waals surface area contributed by atoms with E-state index in [1.54, 1.807) is 27.9 Å². The molecule has 0 heterocycles. The first kappa shape index (κ1) is 13.0. The number of carbonyl (C=O) groups is 2. The Morgan fingerprint density at radius 1 is 1.44 bits per heavy atom. The number of rotatable bonds is 4. The fourth-order valence-electron chi connectivity index (χ4n) is 1.67. The van der Waals surface area contributed by atoms with Gasteiger partial charge in [0.15, 0.2) is 0 Å². The zero-order valence-electron chi connectivity index (χ0n) is 10.4. The molecule has 5 nitrogen and oxygen atoms in total. The van der Waals surface area contributed by atoms with E-state index in [9.17, 15) is 9.59 Å². The van der Waals surface area contributed by atoms with E-state index in [0.717, 1.165) is 12.8 Å². The quantitative estimate of drug-likeness (QED) is 0.693. The molecule has 0 aliphatic heterocycles. The molecule has 92 valence electrons. The normalized spacial score (nSPS) is 20.8. The molecule has 3 N–H and O–H groups in total. The highest BCUT2D eigenvalue weighted by Gasteiger charge is 2.44. The van der Waals surface area contributed by atoms with Gasteiger partial charge in [-0.1, -0.05) is 0 Å². The van der Waals surface area contributed by atoms with Gasteiger partial charge in [-0.3, -0.25) is 9.59 Å². The second-order valence-electron chi connectivity index (χ2n) is 4.98. The third kappa shape index (κ3) is 2.72. The van der Waals surface area contributed by atoms with Crippen LogP contribution in [-0.2, 0) is 9.59 Å². The van der Waals surface area contributed by atoms with Crippen LogP contribution in [0.2, 0.25) is 0 Å². The molecule has 2 unspecified atom stereocenters. The average Bonchev–Trinajstić information content (AvgIpc) is 2.99. The van der Waals surface area contributed by atoms with Gasteiger partial charge in [0.1, 0.15) is 6.04 Å². The van der Waals surface area contributed by atoms with Gasteiger partial charge in [0.25, 0.3) is 0 Å². The lowest BCUT2D eigenvalue weighted by molar-refractivity contribution is -0.135. The standard InChI is InChI=1S/C11H21N3O2/c1-7(9(15)14(3)4)13-10(16)11(2,12)8-5-6-8/h7-8H,5-6,12H2,1-4H3,(H,13,16). The minimum Gasteiger partial charge on any atom is -0.347 e. The smallest absolute Gasteiger partial charge is 0.244 e. The van der Waals surface area contributed by atoms with Gasteiger partial charge in [-0.2, -0.15) is 0 Å². The number of nitrogens with one attached hydrogen (secondary N) is 1. The summed E-state index contributed by atoms with van der Waals surface area (Å²) in [5.41, 5.74) is 5.11. The molecule has 1 aliphatic carbocycles. The van der Waals surface area contributed by atoms with Gasteiger partial charge in [0, 0.05) is 14.1 Å². The summed E-state index contributed by atoms with van der Waals surface area (Å²) in [6, 6.07) is -0.524. The number of amides is 2. The Hall–Kier alpha value is -1.10. The number of nitrogens with two attached hydrogens (primary N) is 1. The Kier molecular flexibility index (Phi) is 3.57.